The van der Waals surface area contributed by atoms with Crippen molar-refractivity contribution >= 4 is 34.0 Å². The van der Waals surface area contributed by atoms with E-state index in [1.807, 2.05) is 25.1 Å². The average Bonchev–Trinajstić information content (AvgIpc) is 3.20. The van der Waals surface area contributed by atoms with E-state index in [-0.39, 0.29) is 11.7 Å². The minimum absolute atomic E-state index is 0.150. The van der Waals surface area contributed by atoms with Crippen LogP contribution in [0.3, 0.4) is 0 Å². The highest BCUT2D eigenvalue weighted by Gasteiger charge is 2.12. The molecule has 0 saturated heterocycles. The van der Waals surface area contributed by atoms with Crippen molar-refractivity contribution in [2.45, 2.75) is 18.5 Å². The number of aromatic nitrogens is 2. The van der Waals surface area contributed by atoms with Crippen LogP contribution in [-0.4, -0.2) is 21.6 Å². The minimum atomic E-state index is -0.150. The third kappa shape index (κ3) is 4.50. The second-order valence-electron chi connectivity index (χ2n) is 5.39. The van der Waals surface area contributed by atoms with E-state index in [2.05, 4.69) is 33.5 Å². The Morgan fingerprint density at radius 2 is 2.16 bits per heavy atom. The fraction of sp³-hybridized carbons (Fsp3) is 0.167. The third-order valence-corrected chi connectivity index (χ3v) is 5.26. The number of hydrogen-bond donors (Lipinski definition) is 2. The van der Waals surface area contributed by atoms with Gasteiger partial charge in [-0.3, -0.25) is 4.79 Å². The lowest BCUT2D eigenvalue weighted by Gasteiger charge is -2.01. The number of hydrogen-bond acceptors (Lipinski definition) is 5. The second-order valence-corrected chi connectivity index (χ2v) is 7.27. The number of imidazole rings is 1. The summed E-state index contributed by atoms with van der Waals surface area (Å²) in [6.07, 6.45) is 0.761. The van der Waals surface area contributed by atoms with E-state index < -0.39 is 0 Å². The summed E-state index contributed by atoms with van der Waals surface area (Å²) in [5.41, 5.74) is 3.69. The van der Waals surface area contributed by atoms with Crippen LogP contribution in [0.2, 0.25) is 0 Å². The maximum atomic E-state index is 12.1. The van der Waals surface area contributed by atoms with E-state index >= 15 is 0 Å². The van der Waals surface area contributed by atoms with E-state index in [9.17, 15) is 4.79 Å². The van der Waals surface area contributed by atoms with Crippen LogP contribution in [0.1, 0.15) is 22.5 Å². The lowest BCUT2D eigenvalue weighted by atomic mass is 10.1. The molecule has 0 saturated carbocycles. The first-order chi connectivity index (χ1) is 12.2. The molecule has 3 rings (SSSR count). The van der Waals surface area contributed by atoms with Gasteiger partial charge in [0, 0.05) is 12.1 Å². The number of carbonyl (C=O) groups excluding carboxylic acids is 1. The minimum Gasteiger partial charge on any atom is -0.337 e. The molecule has 1 aromatic carbocycles. The van der Waals surface area contributed by atoms with Gasteiger partial charge in [0.15, 0.2) is 5.16 Å². The molecule has 0 radical (unpaired) electrons. The lowest BCUT2D eigenvalue weighted by Crippen LogP contribution is -2.13. The van der Waals surface area contributed by atoms with Gasteiger partial charge in [-0.1, -0.05) is 42.1 Å². The summed E-state index contributed by atoms with van der Waals surface area (Å²) < 4.78 is 0. The van der Waals surface area contributed by atoms with E-state index in [1.165, 1.54) is 28.7 Å². The van der Waals surface area contributed by atoms with E-state index in [0.717, 1.165) is 23.0 Å². The van der Waals surface area contributed by atoms with Crippen LogP contribution in [0.4, 0.5) is 5.00 Å². The number of benzene rings is 1. The number of rotatable bonds is 6. The lowest BCUT2D eigenvalue weighted by molar-refractivity contribution is -0.113. The van der Waals surface area contributed by atoms with Gasteiger partial charge in [-0.15, -0.1) is 11.3 Å². The highest BCUT2D eigenvalue weighted by Crippen LogP contribution is 2.23. The van der Waals surface area contributed by atoms with Crippen molar-refractivity contribution in [3.8, 4) is 6.07 Å². The molecule has 2 heterocycles. The summed E-state index contributed by atoms with van der Waals surface area (Å²) in [5, 5.41) is 14.8. The smallest absolute Gasteiger partial charge is 0.235 e. The van der Waals surface area contributed by atoms with Gasteiger partial charge in [-0.2, -0.15) is 5.26 Å². The summed E-state index contributed by atoms with van der Waals surface area (Å²) in [5.74, 6) is 0.0862. The Labute approximate surface area is 154 Å². The largest absolute Gasteiger partial charge is 0.337 e. The molecule has 2 aromatic heterocycles. The molecule has 0 atom stereocenters. The number of aryl methyl sites for hydroxylation is 1. The summed E-state index contributed by atoms with van der Waals surface area (Å²) in [4.78, 5) is 19.9. The monoisotopic (exact) mass is 368 g/mol. The Bertz CT molecular complexity index is 909. The zero-order valence-electron chi connectivity index (χ0n) is 13.6. The molecule has 0 spiro atoms. The van der Waals surface area contributed by atoms with Gasteiger partial charge in [-0.05, 0) is 23.9 Å². The average molecular weight is 368 g/mol. The highest BCUT2D eigenvalue weighted by atomic mass is 32.2. The molecule has 126 valence electrons. The van der Waals surface area contributed by atoms with Gasteiger partial charge in [-0.25, -0.2) is 4.98 Å². The molecule has 1 amide bonds. The first-order valence-corrected chi connectivity index (χ1v) is 9.52. The third-order valence-electron chi connectivity index (χ3n) is 3.56. The van der Waals surface area contributed by atoms with Crippen molar-refractivity contribution in [1.82, 2.24) is 9.97 Å². The van der Waals surface area contributed by atoms with Crippen LogP contribution in [0.15, 0.2) is 46.9 Å². The Balaban J connectivity index is 1.58. The van der Waals surface area contributed by atoms with Gasteiger partial charge in [0.1, 0.15) is 11.1 Å². The Morgan fingerprint density at radius 3 is 2.92 bits per heavy atom. The van der Waals surface area contributed by atoms with Gasteiger partial charge in [0.05, 0.1) is 17.0 Å². The van der Waals surface area contributed by atoms with E-state index in [0.29, 0.717) is 10.6 Å². The predicted octanol–water partition coefficient (Wildman–Crippen LogP) is 3.97. The molecule has 0 fully saturated rings. The van der Waals surface area contributed by atoms with E-state index in [4.69, 9.17) is 5.26 Å². The highest BCUT2D eigenvalue weighted by molar-refractivity contribution is 7.99. The summed E-state index contributed by atoms with van der Waals surface area (Å²) in [6, 6.07) is 13.9. The first-order valence-electron chi connectivity index (χ1n) is 7.65. The Hall–Kier alpha value is -2.56. The van der Waals surface area contributed by atoms with Crippen LogP contribution >= 0.6 is 23.1 Å². The van der Waals surface area contributed by atoms with Crippen molar-refractivity contribution in [1.29, 1.82) is 5.26 Å². The van der Waals surface area contributed by atoms with Gasteiger partial charge in [0.25, 0.3) is 0 Å². The van der Waals surface area contributed by atoms with Crippen LogP contribution in [0.5, 0.6) is 0 Å². The van der Waals surface area contributed by atoms with Crippen LogP contribution < -0.4 is 5.32 Å². The topological polar surface area (TPSA) is 81.6 Å². The van der Waals surface area contributed by atoms with Crippen LogP contribution in [0.25, 0.3) is 0 Å². The number of anilines is 1. The molecule has 0 aliphatic heterocycles. The molecule has 2 N–H and O–H groups in total. The fourth-order valence-corrected chi connectivity index (χ4v) is 3.78. The van der Waals surface area contributed by atoms with E-state index in [1.54, 1.807) is 11.4 Å². The SMILES string of the molecule is Cc1[nH]c(SCC(=O)Nc2sccc2C#N)nc1Cc1ccccc1. The van der Waals surface area contributed by atoms with Crippen LogP contribution in [0, 0.1) is 18.3 Å². The number of H-pyrrole nitrogens is 1. The summed E-state index contributed by atoms with van der Waals surface area (Å²) >= 11 is 2.70. The number of nitriles is 1. The molecule has 0 aliphatic rings. The van der Waals surface area contributed by atoms with Crippen molar-refractivity contribution in [3.63, 3.8) is 0 Å². The van der Waals surface area contributed by atoms with Crippen molar-refractivity contribution < 1.29 is 4.79 Å². The molecule has 0 aliphatic carbocycles. The predicted molar refractivity (Wildman–Crippen MR) is 101 cm³/mol. The van der Waals surface area contributed by atoms with Gasteiger partial charge < -0.3 is 10.3 Å². The first kappa shape index (κ1) is 17.3. The molecular weight excluding hydrogens is 352 g/mol. The molecule has 25 heavy (non-hydrogen) atoms. The number of carbonyl (C=O) groups is 1. The number of nitrogens with one attached hydrogen (secondary N) is 2. The standard InChI is InChI=1S/C18H16N4OS2/c1-12-15(9-13-5-3-2-4-6-13)21-18(20-12)25-11-16(23)22-17-14(10-19)7-8-24-17/h2-8H,9,11H2,1H3,(H,20,21)(H,22,23). The normalized spacial score (nSPS) is 10.4. The maximum absolute atomic E-state index is 12.1. The summed E-state index contributed by atoms with van der Waals surface area (Å²) in [6.45, 7) is 1.99. The maximum Gasteiger partial charge on any atom is 0.235 e. The number of thiophene rings is 1. The molecule has 5 nitrogen and oxygen atoms in total. The van der Waals surface area contributed by atoms with Gasteiger partial charge >= 0.3 is 0 Å². The zero-order valence-corrected chi connectivity index (χ0v) is 15.2. The molecule has 3 aromatic rings. The fourth-order valence-electron chi connectivity index (χ4n) is 2.29. The number of amides is 1. The molecular formula is C18H16N4OS2. The second kappa shape index (κ2) is 8.01. The molecule has 7 heteroatoms. The number of thioether (sulfide) groups is 1. The van der Waals surface area contributed by atoms with Crippen molar-refractivity contribution in [2.75, 3.05) is 11.1 Å². The Kier molecular flexibility index (Phi) is 5.53. The zero-order chi connectivity index (χ0) is 17.6. The summed E-state index contributed by atoms with van der Waals surface area (Å²) in [7, 11) is 0. The molecule has 0 unspecified atom stereocenters. The molecule has 0 bridgehead atoms. The Morgan fingerprint density at radius 1 is 1.36 bits per heavy atom. The number of aromatic amines is 1. The van der Waals surface area contributed by atoms with Gasteiger partial charge in [0.2, 0.25) is 5.91 Å². The van der Waals surface area contributed by atoms with Crippen molar-refractivity contribution in [3.05, 3.63) is 64.3 Å². The number of nitrogens with zero attached hydrogens (tertiary/aromatic N) is 2. The van der Waals surface area contributed by atoms with Crippen molar-refractivity contribution in [2.24, 2.45) is 0 Å². The van der Waals surface area contributed by atoms with Crippen LogP contribution in [-0.2, 0) is 11.2 Å². The quantitative estimate of drug-likeness (QED) is 0.645.